The summed E-state index contributed by atoms with van der Waals surface area (Å²) in [6.45, 7) is 3.68. The molecule has 1 fully saturated rings. The number of hydrogen-bond donors (Lipinski definition) is 1. The van der Waals surface area contributed by atoms with Crippen molar-refractivity contribution >= 4 is 17.3 Å². The Morgan fingerprint density at radius 1 is 1.47 bits per heavy atom. The van der Waals surface area contributed by atoms with Crippen LogP contribution in [0.3, 0.4) is 0 Å². The molecule has 1 saturated heterocycles. The molecule has 1 aliphatic heterocycles. The molecule has 0 radical (unpaired) electrons. The minimum absolute atomic E-state index is 0.625. The van der Waals surface area contributed by atoms with Crippen LogP contribution in [0.1, 0.15) is 18.4 Å². The maximum absolute atomic E-state index is 6.13. The molecule has 0 saturated carbocycles. The van der Waals surface area contributed by atoms with E-state index in [2.05, 4.69) is 29.4 Å². The Morgan fingerprint density at radius 2 is 2.32 bits per heavy atom. The summed E-state index contributed by atoms with van der Waals surface area (Å²) in [6, 6.07) is 6.11. The average molecular weight is 283 g/mol. The van der Waals surface area contributed by atoms with E-state index in [0.717, 1.165) is 31.3 Å². The van der Waals surface area contributed by atoms with Gasteiger partial charge in [-0.15, -0.1) is 0 Å². The number of anilines is 1. The Kier molecular flexibility index (Phi) is 5.49. The molecule has 0 aromatic heterocycles. The first-order valence-electron chi connectivity index (χ1n) is 6.92. The van der Waals surface area contributed by atoms with Gasteiger partial charge in [0, 0.05) is 37.5 Å². The van der Waals surface area contributed by atoms with Crippen LogP contribution in [0.15, 0.2) is 18.2 Å². The lowest BCUT2D eigenvalue weighted by molar-refractivity contribution is 0.0576. The van der Waals surface area contributed by atoms with Crippen molar-refractivity contribution in [2.75, 3.05) is 38.8 Å². The summed E-state index contributed by atoms with van der Waals surface area (Å²) in [5.74, 6) is 0.625. The Hall–Kier alpha value is -0.770. The molecule has 106 valence electrons. The normalized spacial score (nSPS) is 19.4. The maximum Gasteiger partial charge on any atom is 0.0511 e. The van der Waals surface area contributed by atoms with E-state index >= 15 is 0 Å². The van der Waals surface area contributed by atoms with Gasteiger partial charge in [0.05, 0.1) is 6.61 Å². The Labute approximate surface area is 120 Å². The van der Waals surface area contributed by atoms with Crippen LogP contribution in [-0.4, -0.2) is 33.9 Å². The van der Waals surface area contributed by atoms with Crippen molar-refractivity contribution in [1.82, 2.24) is 5.32 Å². The third kappa shape index (κ3) is 4.10. The molecule has 1 unspecified atom stereocenters. The topological polar surface area (TPSA) is 24.5 Å². The highest BCUT2D eigenvalue weighted by Gasteiger charge is 2.17. The highest BCUT2D eigenvalue weighted by Crippen LogP contribution is 2.26. The van der Waals surface area contributed by atoms with Gasteiger partial charge in [-0.25, -0.2) is 0 Å². The molecule has 1 aliphatic rings. The summed E-state index contributed by atoms with van der Waals surface area (Å²) in [4.78, 5) is 2.30. The Balaban J connectivity index is 2.07. The second-order valence-electron chi connectivity index (χ2n) is 5.27. The molecular formula is C15H23ClN2O. The van der Waals surface area contributed by atoms with E-state index in [9.17, 15) is 0 Å². The molecule has 1 aromatic rings. The molecule has 4 heteroatoms. The first-order chi connectivity index (χ1) is 9.20. The van der Waals surface area contributed by atoms with Crippen molar-refractivity contribution in [3.63, 3.8) is 0 Å². The number of nitrogens with zero attached hydrogens (tertiary/aromatic N) is 1. The Bertz CT molecular complexity index is 405. The number of ether oxygens (including phenoxy) is 1. The molecule has 0 aliphatic carbocycles. The van der Waals surface area contributed by atoms with Gasteiger partial charge in [0.15, 0.2) is 0 Å². The summed E-state index contributed by atoms with van der Waals surface area (Å²) < 4.78 is 5.56. The number of benzene rings is 1. The zero-order valence-corrected chi connectivity index (χ0v) is 12.5. The first-order valence-corrected chi connectivity index (χ1v) is 7.30. The van der Waals surface area contributed by atoms with Crippen LogP contribution in [-0.2, 0) is 11.3 Å². The summed E-state index contributed by atoms with van der Waals surface area (Å²) in [5.41, 5.74) is 2.50. The quantitative estimate of drug-likeness (QED) is 0.899. The highest BCUT2D eigenvalue weighted by atomic mass is 35.5. The lowest BCUT2D eigenvalue weighted by atomic mass is 10.0. The van der Waals surface area contributed by atoms with E-state index in [1.807, 2.05) is 13.1 Å². The van der Waals surface area contributed by atoms with E-state index in [-0.39, 0.29) is 0 Å². The van der Waals surface area contributed by atoms with Crippen molar-refractivity contribution in [3.8, 4) is 0 Å². The van der Waals surface area contributed by atoms with Crippen molar-refractivity contribution in [2.24, 2.45) is 5.92 Å². The second kappa shape index (κ2) is 7.13. The number of nitrogens with one attached hydrogen (secondary N) is 1. The molecule has 0 spiro atoms. The van der Waals surface area contributed by atoms with E-state index in [1.54, 1.807) is 0 Å². The predicted molar refractivity (Wildman–Crippen MR) is 81.0 cm³/mol. The largest absolute Gasteiger partial charge is 0.381 e. The summed E-state index contributed by atoms with van der Waals surface area (Å²) in [7, 11) is 4.10. The van der Waals surface area contributed by atoms with Gasteiger partial charge >= 0.3 is 0 Å². The van der Waals surface area contributed by atoms with Gasteiger partial charge in [0.2, 0.25) is 0 Å². The SMILES string of the molecule is CNCc1ccc(Cl)cc1N(C)CC1CCCOC1. The van der Waals surface area contributed by atoms with Crippen LogP contribution < -0.4 is 10.2 Å². The molecule has 19 heavy (non-hydrogen) atoms. The summed E-state index contributed by atoms with van der Waals surface area (Å²) in [5, 5.41) is 4.00. The zero-order chi connectivity index (χ0) is 13.7. The van der Waals surface area contributed by atoms with E-state index in [4.69, 9.17) is 16.3 Å². The van der Waals surface area contributed by atoms with Crippen LogP contribution in [0.25, 0.3) is 0 Å². The molecule has 0 bridgehead atoms. The molecule has 1 N–H and O–H groups in total. The van der Waals surface area contributed by atoms with Gasteiger partial charge in [-0.1, -0.05) is 17.7 Å². The molecule has 1 atom stereocenters. The van der Waals surface area contributed by atoms with Gasteiger partial charge in [-0.2, -0.15) is 0 Å². The van der Waals surface area contributed by atoms with E-state index in [1.165, 1.54) is 24.1 Å². The van der Waals surface area contributed by atoms with Gasteiger partial charge in [-0.3, -0.25) is 0 Å². The van der Waals surface area contributed by atoms with Crippen LogP contribution in [0.5, 0.6) is 0 Å². The van der Waals surface area contributed by atoms with Crippen LogP contribution >= 0.6 is 11.6 Å². The second-order valence-corrected chi connectivity index (χ2v) is 5.70. The van der Waals surface area contributed by atoms with E-state index in [0.29, 0.717) is 5.92 Å². The predicted octanol–water partition coefficient (Wildman–Crippen LogP) is 2.92. The smallest absolute Gasteiger partial charge is 0.0511 e. The monoisotopic (exact) mass is 282 g/mol. The highest BCUT2D eigenvalue weighted by molar-refractivity contribution is 6.30. The van der Waals surface area contributed by atoms with Crippen molar-refractivity contribution in [1.29, 1.82) is 0 Å². The molecule has 1 aromatic carbocycles. The zero-order valence-electron chi connectivity index (χ0n) is 11.8. The van der Waals surface area contributed by atoms with Gasteiger partial charge in [0.25, 0.3) is 0 Å². The maximum atomic E-state index is 6.13. The molecule has 1 heterocycles. The fourth-order valence-corrected chi connectivity index (χ4v) is 2.84. The fourth-order valence-electron chi connectivity index (χ4n) is 2.67. The van der Waals surface area contributed by atoms with Crippen LogP contribution in [0.2, 0.25) is 5.02 Å². The lowest BCUT2D eigenvalue weighted by Gasteiger charge is -2.29. The van der Waals surface area contributed by atoms with Gasteiger partial charge in [0.1, 0.15) is 0 Å². The summed E-state index contributed by atoms with van der Waals surface area (Å²) >= 11 is 6.13. The third-order valence-corrected chi connectivity index (χ3v) is 3.85. The van der Waals surface area contributed by atoms with Gasteiger partial charge < -0.3 is 15.0 Å². The number of rotatable bonds is 5. The molecule has 2 rings (SSSR count). The van der Waals surface area contributed by atoms with Crippen molar-refractivity contribution in [2.45, 2.75) is 19.4 Å². The fraction of sp³-hybridized carbons (Fsp3) is 0.600. The minimum Gasteiger partial charge on any atom is -0.381 e. The van der Waals surface area contributed by atoms with Gasteiger partial charge in [-0.05, 0) is 43.5 Å². The number of halogens is 1. The van der Waals surface area contributed by atoms with Crippen molar-refractivity contribution < 1.29 is 4.74 Å². The van der Waals surface area contributed by atoms with Crippen LogP contribution in [0, 0.1) is 5.92 Å². The summed E-state index contributed by atoms with van der Waals surface area (Å²) in [6.07, 6.45) is 2.43. The molecular weight excluding hydrogens is 260 g/mol. The Morgan fingerprint density at radius 3 is 3.00 bits per heavy atom. The average Bonchev–Trinajstić information content (AvgIpc) is 2.42. The lowest BCUT2D eigenvalue weighted by Crippen LogP contribution is -2.31. The first kappa shape index (κ1) is 14.6. The standard InChI is InChI=1S/C15H23ClN2O/c1-17-9-13-5-6-14(16)8-15(13)18(2)10-12-4-3-7-19-11-12/h5-6,8,12,17H,3-4,7,9-11H2,1-2H3. The number of hydrogen-bond acceptors (Lipinski definition) is 3. The third-order valence-electron chi connectivity index (χ3n) is 3.61. The molecule has 0 amide bonds. The van der Waals surface area contributed by atoms with Crippen molar-refractivity contribution in [3.05, 3.63) is 28.8 Å². The van der Waals surface area contributed by atoms with Crippen LogP contribution in [0.4, 0.5) is 5.69 Å². The minimum atomic E-state index is 0.625. The van der Waals surface area contributed by atoms with E-state index < -0.39 is 0 Å². The molecule has 3 nitrogen and oxygen atoms in total.